The average Bonchev–Trinajstić information content (AvgIpc) is 3.06. The number of thiazole rings is 1. The second kappa shape index (κ2) is 5.22. The Morgan fingerprint density at radius 2 is 2.15 bits per heavy atom. The fourth-order valence-corrected chi connectivity index (χ4v) is 3.12. The Hall–Kier alpha value is -1.92. The fraction of sp³-hybridized carbons (Fsp3) is 0.286. The summed E-state index contributed by atoms with van der Waals surface area (Å²) in [6.45, 7) is 0.586. The topological polar surface area (TPSA) is 79.5 Å². The Bertz CT molecular complexity index is 624. The molecular weight excluding hydrogens is 274 g/mol. The van der Waals surface area contributed by atoms with Gasteiger partial charge in [-0.1, -0.05) is 12.1 Å². The maximum atomic E-state index is 11.9. The summed E-state index contributed by atoms with van der Waals surface area (Å²) < 4.78 is 0. The number of hydrogen-bond acceptors (Lipinski definition) is 5. The zero-order valence-corrected chi connectivity index (χ0v) is 11.6. The predicted molar refractivity (Wildman–Crippen MR) is 79.5 cm³/mol. The molecule has 104 valence electrons. The minimum Gasteiger partial charge on any atom is -0.399 e. The quantitative estimate of drug-likeness (QED) is 0.843. The first kappa shape index (κ1) is 13.1. The Morgan fingerprint density at radius 1 is 1.40 bits per heavy atom. The molecule has 20 heavy (non-hydrogen) atoms. The van der Waals surface area contributed by atoms with Crippen molar-refractivity contribution in [2.75, 3.05) is 23.8 Å². The second-order valence-electron chi connectivity index (χ2n) is 4.89. The number of aromatic nitrogens is 1. The highest BCUT2D eigenvalue weighted by Gasteiger charge is 2.31. The summed E-state index contributed by atoms with van der Waals surface area (Å²) in [6.07, 6.45) is 0.396. The maximum absolute atomic E-state index is 11.9. The standard InChI is InChI=1S/C14H15N3O2S/c15-11-3-1-10(2-4-11)12-8-20-14(16-12)17-6-9(7-18)5-13(17)19/h1-4,8-9,18H,5-7,15H2. The van der Waals surface area contributed by atoms with E-state index < -0.39 is 0 Å². The zero-order chi connectivity index (χ0) is 14.1. The van der Waals surface area contributed by atoms with Crippen LogP contribution in [0.25, 0.3) is 11.3 Å². The molecule has 1 fully saturated rings. The van der Waals surface area contributed by atoms with Crippen molar-refractivity contribution in [2.45, 2.75) is 6.42 Å². The minimum absolute atomic E-state index is 0.0198. The summed E-state index contributed by atoms with van der Waals surface area (Å²) in [4.78, 5) is 18.1. The van der Waals surface area contributed by atoms with Gasteiger partial charge in [-0.3, -0.25) is 9.69 Å². The number of hydrogen-bond donors (Lipinski definition) is 2. The van der Waals surface area contributed by atoms with Crippen LogP contribution < -0.4 is 10.6 Å². The molecule has 3 rings (SSSR count). The van der Waals surface area contributed by atoms with Gasteiger partial charge in [0.25, 0.3) is 0 Å². The number of carbonyl (C=O) groups excluding carboxylic acids is 1. The van der Waals surface area contributed by atoms with Crippen LogP contribution in [0.3, 0.4) is 0 Å². The summed E-state index contributed by atoms with van der Waals surface area (Å²) in [6, 6.07) is 7.49. The SMILES string of the molecule is Nc1ccc(-c2csc(N3CC(CO)CC3=O)n2)cc1. The van der Waals surface area contributed by atoms with Gasteiger partial charge in [0.1, 0.15) is 0 Å². The molecule has 2 aromatic rings. The van der Waals surface area contributed by atoms with Gasteiger partial charge in [-0.2, -0.15) is 0 Å². The van der Waals surface area contributed by atoms with Crippen molar-refractivity contribution in [2.24, 2.45) is 5.92 Å². The number of amides is 1. The van der Waals surface area contributed by atoms with Crippen molar-refractivity contribution >= 4 is 28.1 Å². The van der Waals surface area contributed by atoms with E-state index in [1.165, 1.54) is 11.3 Å². The first-order valence-corrected chi connectivity index (χ1v) is 7.28. The summed E-state index contributed by atoms with van der Waals surface area (Å²) in [5, 5.41) is 11.8. The maximum Gasteiger partial charge on any atom is 0.229 e. The van der Waals surface area contributed by atoms with Crippen LogP contribution >= 0.6 is 11.3 Å². The van der Waals surface area contributed by atoms with Gasteiger partial charge >= 0.3 is 0 Å². The van der Waals surface area contributed by atoms with E-state index in [1.807, 2.05) is 29.6 Å². The predicted octanol–water partition coefficient (Wildman–Crippen LogP) is 1.74. The number of carbonyl (C=O) groups is 1. The van der Waals surface area contributed by atoms with Crippen LogP contribution in [0.4, 0.5) is 10.8 Å². The van der Waals surface area contributed by atoms with Crippen LogP contribution in [-0.2, 0) is 4.79 Å². The van der Waals surface area contributed by atoms with Gasteiger partial charge in [0, 0.05) is 42.1 Å². The number of nitrogen functional groups attached to an aromatic ring is 1. The molecule has 0 radical (unpaired) electrons. The zero-order valence-electron chi connectivity index (χ0n) is 10.8. The third kappa shape index (κ3) is 2.39. The van der Waals surface area contributed by atoms with Crippen LogP contribution in [-0.4, -0.2) is 29.1 Å². The van der Waals surface area contributed by atoms with Crippen molar-refractivity contribution < 1.29 is 9.90 Å². The number of rotatable bonds is 3. The lowest BCUT2D eigenvalue weighted by molar-refractivity contribution is -0.117. The molecule has 1 atom stereocenters. The number of benzene rings is 1. The third-order valence-corrected chi connectivity index (χ3v) is 4.26. The van der Waals surface area contributed by atoms with Gasteiger partial charge in [0.05, 0.1) is 5.69 Å². The number of aliphatic hydroxyl groups is 1. The Kier molecular flexibility index (Phi) is 3.42. The molecule has 1 aromatic heterocycles. The van der Waals surface area contributed by atoms with E-state index in [1.54, 1.807) is 4.90 Å². The number of nitrogens with two attached hydrogens (primary N) is 1. The highest BCUT2D eigenvalue weighted by atomic mass is 32.1. The van der Waals surface area contributed by atoms with E-state index in [9.17, 15) is 4.79 Å². The molecule has 3 N–H and O–H groups in total. The Morgan fingerprint density at radius 3 is 2.80 bits per heavy atom. The van der Waals surface area contributed by atoms with Crippen LogP contribution in [0.1, 0.15) is 6.42 Å². The van der Waals surface area contributed by atoms with Crippen molar-refractivity contribution in [3.63, 3.8) is 0 Å². The van der Waals surface area contributed by atoms with E-state index in [0.717, 1.165) is 11.3 Å². The van der Waals surface area contributed by atoms with E-state index in [-0.39, 0.29) is 18.4 Å². The molecule has 1 aromatic carbocycles. The highest BCUT2D eigenvalue weighted by molar-refractivity contribution is 7.14. The molecule has 1 unspecified atom stereocenters. The molecule has 2 heterocycles. The lowest BCUT2D eigenvalue weighted by atomic mass is 10.1. The van der Waals surface area contributed by atoms with Gasteiger partial charge in [0.15, 0.2) is 5.13 Å². The second-order valence-corrected chi connectivity index (χ2v) is 5.73. The molecule has 1 aliphatic rings. The van der Waals surface area contributed by atoms with Gasteiger partial charge in [-0.25, -0.2) is 4.98 Å². The van der Waals surface area contributed by atoms with E-state index in [0.29, 0.717) is 23.8 Å². The van der Waals surface area contributed by atoms with Crippen LogP contribution in [0.15, 0.2) is 29.6 Å². The average molecular weight is 289 g/mol. The molecular formula is C14H15N3O2S. The van der Waals surface area contributed by atoms with E-state index in [4.69, 9.17) is 10.8 Å². The van der Waals surface area contributed by atoms with Crippen LogP contribution in [0.5, 0.6) is 0 Å². The van der Waals surface area contributed by atoms with Crippen molar-refractivity contribution in [1.82, 2.24) is 4.98 Å². The smallest absolute Gasteiger partial charge is 0.229 e. The lowest BCUT2D eigenvalue weighted by Gasteiger charge is -2.11. The number of aliphatic hydroxyl groups excluding tert-OH is 1. The Labute approximate surface area is 120 Å². The summed E-state index contributed by atoms with van der Waals surface area (Å²) in [5.74, 6) is 0.0497. The van der Waals surface area contributed by atoms with E-state index in [2.05, 4.69) is 4.98 Å². The summed E-state index contributed by atoms with van der Waals surface area (Å²) >= 11 is 1.44. The molecule has 0 saturated carbocycles. The highest BCUT2D eigenvalue weighted by Crippen LogP contribution is 2.31. The lowest BCUT2D eigenvalue weighted by Crippen LogP contribution is -2.24. The molecule has 0 bridgehead atoms. The van der Waals surface area contributed by atoms with Gasteiger partial charge in [-0.05, 0) is 12.1 Å². The van der Waals surface area contributed by atoms with Crippen molar-refractivity contribution in [3.8, 4) is 11.3 Å². The first-order valence-electron chi connectivity index (χ1n) is 6.40. The first-order chi connectivity index (χ1) is 9.67. The molecule has 0 spiro atoms. The number of nitrogens with zero attached hydrogens (tertiary/aromatic N) is 2. The molecule has 1 saturated heterocycles. The molecule has 6 heteroatoms. The fourth-order valence-electron chi connectivity index (χ4n) is 2.26. The molecule has 0 aliphatic carbocycles. The normalized spacial score (nSPS) is 18.8. The van der Waals surface area contributed by atoms with Crippen LogP contribution in [0.2, 0.25) is 0 Å². The van der Waals surface area contributed by atoms with Gasteiger partial charge < -0.3 is 10.8 Å². The summed E-state index contributed by atoms with van der Waals surface area (Å²) in [7, 11) is 0. The monoisotopic (exact) mass is 289 g/mol. The number of anilines is 2. The van der Waals surface area contributed by atoms with Crippen molar-refractivity contribution in [1.29, 1.82) is 0 Å². The molecule has 1 amide bonds. The Balaban J connectivity index is 1.83. The summed E-state index contributed by atoms with van der Waals surface area (Å²) in [5.41, 5.74) is 8.19. The molecule has 1 aliphatic heterocycles. The van der Waals surface area contributed by atoms with E-state index >= 15 is 0 Å². The van der Waals surface area contributed by atoms with Crippen LogP contribution in [0, 0.1) is 5.92 Å². The van der Waals surface area contributed by atoms with Gasteiger partial charge in [-0.15, -0.1) is 11.3 Å². The van der Waals surface area contributed by atoms with Crippen molar-refractivity contribution in [3.05, 3.63) is 29.6 Å². The van der Waals surface area contributed by atoms with Gasteiger partial charge in [0.2, 0.25) is 5.91 Å². The minimum atomic E-state index is 0.0198. The largest absolute Gasteiger partial charge is 0.399 e. The third-order valence-electron chi connectivity index (χ3n) is 3.39. The molecule has 5 nitrogen and oxygen atoms in total.